The van der Waals surface area contributed by atoms with Crippen molar-refractivity contribution in [2.24, 2.45) is 5.92 Å². The quantitative estimate of drug-likeness (QED) is 0.711. The van der Waals surface area contributed by atoms with Gasteiger partial charge in [0.05, 0.1) is 12.5 Å². The number of hydrogen-bond acceptors (Lipinski definition) is 4. The van der Waals surface area contributed by atoms with Gasteiger partial charge in [0, 0.05) is 26.2 Å². The van der Waals surface area contributed by atoms with Gasteiger partial charge in [-0.2, -0.15) is 17.0 Å². The van der Waals surface area contributed by atoms with Gasteiger partial charge in [-0.25, -0.2) is 0 Å². The standard InChI is InChI=1S/C12H22N2O4S/c1-2-18-12(15)11-5-9-14(10-6-11)19(16,17)13-7-3-4-8-13/h11H,2-10H2,1H3. The molecular weight excluding hydrogens is 268 g/mol. The first kappa shape index (κ1) is 14.7. The van der Waals surface area contributed by atoms with Gasteiger partial charge in [-0.15, -0.1) is 0 Å². The highest BCUT2D eigenvalue weighted by atomic mass is 32.2. The van der Waals surface area contributed by atoms with Crippen LogP contribution in [0, 0.1) is 5.92 Å². The molecule has 0 aliphatic carbocycles. The molecule has 2 aliphatic heterocycles. The number of ether oxygens (including phenoxy) is 1. The lowest BCUT2D eigenvalue weighted by Gasteiger charge is -2.32. The predicted octanol–water partition coefficient (Wildman–Crippen LogP) is 0.602. The van der Waals surface area contributed by atoms with Crippen molar-refractivity contribution in [1.29, 1.82) is 0 Å². The average Bonchev–Trinajstić information content (AvgIpc) is 2.94. The molecule has 6 nitrogen and oxygen atoms in total. The van der Waals surface area contributed by atoms with E-state index in [0.717, 1.165) is 12.8 Å². The Morgan fingerprint density at radius 2 is 1.63 bits per heavy atom. The minimum absolute atomic E-state index is 0.148. The third-order valence-electron chi connectivity index (χ3n) is 3.79. The van der Waals surface area contributed by atoms with Gasteiger partial charge < -0.3 is 4.74 Å². The van der Waals surface area contributed by atoms with Crippen LogP contribution < -0.4 is 0 Å². The highest BCUT2D eigenvalue weighted by Crippen LogP contribution is 2.24. The summed E-state index contributed by atoms with van der Waals surface area (Å²) in [6.07, 6.45) is 3.01. The first-order chi connectivity index (χ1) is 9.05. The summed E-state index contributed by atoms with van der Waals surface area (Å²) in [6, 6.07) is 0. The van der Waals surface area contributed by atoms with E-state index in [-0.39, 0.29) is 11.9 Å². The summed E-state index contributed by atoms with van der Waals surface area (Å²) in [5.74, 6) is -0.342. The van der Waals surface area contributed by atoms with Gasteiger partial charge >= 0.3 is 5.97 Å². The van der Waals surface area contributed by atoms with Crippen molar-refractivity contribution >= 4 is 16.2 Å². The number of esters is 1. The first-order valence-corrected chi connectivity index (χ1v) is 8.37. The Kier molecular flexibility index (Phi) is 4.81. The molecular formula is C12H22N2O4S. The van der Waals surface area contributed by atoms with Gasteiger partial charge in [0.25, 0.3) is 10.2 Å². The van der Waals surface area contributed by atoms with E-state index in [0.29, 0.717) is 45.6 Å². The van der Waals surface area contributed by atoms with Crippen molar-refractivity contribution in [2.75, 3.05) is 32.8 Å². The highest BCUT2D eigenvalue weighted by molar-refractivity contribution is 7.86. The summed E-state index contributed by atoms with van der Waals surface area (Å²) in [6.45, 7) is 4.25. The molecule has 0 aromatic heterocycles. The second-order valence-electron chi connectivity index (χ2n) is 5.04. The molecule has 0 saturated carbocycles. The zero-order valence-corrected chi connectivity index (χ0v) is 12.2. The minimum atomic E-state index is -3.31. The van der Waals surface area contributed by atoms with Gasteiger partial charge in [-0.05, 0) is 32.6 Å². The number of carbonyl (C=O) groups is 1. The van der Waals surface area contributed by atoms with Crippen molar-refractivity contribution in [3.05, 3.63) is 0 Å². The summed E-state index contributed by atoms with van der Waals surface area (Å²) in [5, 5.41) is 0. The van der Waals surface area contributed by atoms with Crippen molar-refractivity contribution < 1.29 is 17.9 Å². The van der Waals surface area contributed by atoms with E-state index in [1.807, 2.05) is 0 Å². The normalized spacial score (nSPS) is 23.6. The molecule has 0 amide bonds. The second-order valence-corrected chi connectivity index (χ2v) is 6.97. The van der Waals surface area contributed by atoms with Crippen LogP contribution in [0.1, 0.15) is 32.6 Å². The maximum atomic E-state index is 12.3. The van der Waals surface area contributed by atoms with Gasteiger partial charge in [0.2, 0.25) is 0 Å². The molecule has 0 spiro atoms. The summed E-state index contributed by atoms with van der Waals surface area (Å²) in [7, 11) is -3.31. The molecule has 0 aromatic carbocycles. The largest absolute Gasteiger partial charge is 0.466 e. The molecule has 0 radical (unpaired) electrons. The molecule has 0 aromatic rings. The fraction of sp³-hybridized carbons (Fsp3) is 0.917. The Balaban J connectivity index is 1.90. The smallest absolute Gasteiger partial charge is 0.309 e. The van der Waals surface area contributed by atoms with E-state index >= 15 is 0 Å². The SMILES string of the molecule is CCOC(=O)C1CCN(S(=O)(=O)N2CCCC2)CC1. The average molecular weight is 290 g/mol. The highest BCUT2D eigenvalue weighted by Gasteiger charge is 2.36. The van der Waals surface area contributed by atoms with Crippen molar-refractivity contribution in [1.82, 2.24) is 8.61 Å². The van der Waals surface area contributed by atoms with Crippen LogP contribution in [0.3, 0.4) is 0 Å². The molecule has 19 heavy (non-hydrogen) atoms. The number of hydrogen-bond donors (Lipinski definition) is 0. The molecule has 2 fully saturated rings. The Bertz CT molecular complexity index is 409. The molecule has 7 heteroatoms. The number of nitrogens with zero attached hydrogens (tertiary/aromatic N) is 2. The Morgan fingerprint density at radius 3 is 2.16 bits per heavy atom. The van der Waals surface area contributed by atoms with E-state index in [4.69, 9.17) is 4.74 Å². The summed E-state index contributed by atoms with van der Waals surface area (Å²) < 4.78 is 32.7. The van der Waals surface area contributed by atoms with Crippen LogP contribution in [0.5, 0.6) is 0 Å². The molecule has 2 heterocycles. The minimum Gasteiger partial charge on any atom is -0.466 e. The lowest BCUT2D eigenvalue weighted by Crippen LogP contribution is -2.47. The summed E-state index contributed by atoms with van der Waals surface area (Å²) in [5.41, 5.74) is 0. The summed E-state index contributed by atoms with van der Waals surface area (Å²) >= 11 is 0. The van der Waals surface area contributed by atoms with Gasteiger partial charge in [-0.3, -0.25) is 4.79 Å². The fourth-order valence-corrected chi connectivity index (χ4v) is 4.38. The van der Waals surface area contributed by atoms with E-state index in [9.17, 15) is 13.2 Å². The lowest BCUT2D eigenvalue weighted by molar-refractivity contribution is -0.149. The van der Waals surface area contributed by atoms with Crippen LogP contribution in [0.4, 0.5) is 0 Å². The molecule has 0 atom stereocenters. The zero-order chi connectivity index (χ0) is 13.9. The van der Waals surface area contributed by atoms with Crippen LogP contribution in [0.15, 0.2) is 0 Å². The second kappa shape index (κ2) is 6.19. The van der Waals surface area contributed by atoms with Crippen LogP contribution in [0.25, 0.3) is 0 Å². The topological polar surface area (TPSA) is 66.9 Å². The van der Waals surface area contributed by atoms with Crippen molar-refractivity contribution in [3.63, 3.8) is 0 Å². The molecule has 2 saturated heterocycles. The Morgan fingerprint density at radius 1 is 1.11 bits per heavy atom. The van der Waals surface area contributed by atoms with Gasteiger partial charge in [0.1, 0.15) is 0 Å². The maximum Gasteiger partial charge on any atom is 0.309 e. The number of carbonyl (C=O) groups excluding carboxylic acids is 1. The molecule has 0 bridgehead atoms. The third-order valence-corrected chi connectivity index (χ3v) is 5.83. The fourth-order valence-electron chi connectivity index (χ4n) is 2.66. The van der Waals surface area contributed by atoms with Crippen LogP contribution in [0.2, 0.25) is 0 Å². The van der Waals surface area contributed by atoms with Crippen molar-refractivity contribution in [3.8, 4) is 0 Å². The molecule has 110 valence electrons. The molecule has 0 N–H and O–H groups in total. The van der Waals surface area contributed by atoms with E-state index in [2.05, 4.69) is 0 Å². The third kappa shape index (κ3) is 3.27. The number of rotatable bonds is 4. The monoisotopic (exact) mass is 290 g/mol. The molecule has 2 aliphatic rings. The van der Waals surface area contributed by atoms with E-state index in [1.165, 1.54) is 4.31 Å². The zero-order valence-electron chi connectivity index (χ0n) is 11.4. The number of piperidine rings is 1. The van der Waals surface area contributed by atoms with Crippen LogP contribution >= 0.6 is 0 Å². The van der Waals surface area contributed by atoms with E-state index in [1.54, 1.807) is 11.2 Å². The maximum absolute atomic E-state index is 12.3. The predicted molar refractivity (Wildman–Crippen MR) is 70.7 cm³/mol. The van der Waals surface area contributed by atoms with Gasteiger partial charge in [-0.1, -0.05) is 0 Å². The molecule has 0 unspecified atom stereocenters. The van der Waals surface area contributed by atoms with Crippen LogP contribution in [-0.4, -0.2) is 55.8 Å². The first-order valence-electron chi connectivity index (χ1n) is 6.97. The lowest BCUT2D eigenvalue weighted by atomic mass is 9.98. The molecule has 2 rings (SSSR count). The van der Waals surface area contributed by atoms with Crippen LogP contribution in [-0.2, 0) is 19.7 Å². The Hall–Kier alpha value is -0.660. The summed E-state index contributed by atoms with van der Waals surface area (Å²) in [4.78, 5) is 11.6. The van der Waals surface area contributed by atoms with E-state index < -0.39 is 10.2 Å². The van der Waals surface area contributed by atoms with Crippen molar-refractivity contribution in [2.45, 2.75) is 32.6 Å². The van der Waals surface area contributed by atoms with Gasteiger partial charge in [0.15, 0.2) is 0 Å². The Labute approximate surface area is 114 Å².